The van der Waals surface area contributed by atoms with Crippen LogP contribution in [0.15, 0.2) is 0 Å². The molecular formula is C3H9BS. The third-order valence-electron chi connectivity index (χ3n) is 0.591. The fraction of sp³-hybridized carbons (Fsp3) is 1.00. The van der Waals surface area contributed by atoms with Crippen molar-refractivity contribution in [3.63, 3.8) is 0 Å². The molecule has 1 atom stereocenters. The molecule has 0 aliphatic heterocycles. The molecule has 0 fully saturated rings. The van der Waals surface area contributed by atoms with Gasteiger partial charge in [0.25, 0.3) is 0 Å². The third kappa shape index (κ3) is 4.41. The van der Waals surface area contributed by atoms with Crippen LogP contribution >= 0.6 is 12.6 Å². The molecule has 5 heavy (non-hydrogen) atoms. The monoisotopic (exact) mass is 88.1 g/mol. The normalized spacial score (nSPS) is 14.8. The van der Waals surface area contributed by atoms with E-state index in [0.717, 1.165) is 0 Å². The predicted molar refractivity (Wildman–Crippen MR) is 31.6 cm³/mol. The largest absolute Gasteiger partial charge is 0.185 e. The van der Waals surface area contributed by atoms with E-state index in [1.165, 1.54) is 6.42 Å². The molecule has 0 heterocycles. The van der Waals surface area contributed by atoms with E-state index >= 15 is 0 Å². The van der Waals surface area contributed by atoms with E-state index in [9.17, 15) is 0 Å². The minimum Gasteiger partial charge on any atom is -0.185 e. The Bertz CT molecular complexity index is 20.9. The second kappa shape index (κ2) is 2.64. The molecule has 0 N–H and O–H groups in total. The SMILES string of the molecule is B[C@@H](S)CC. The van der Waals surface area contributed by atoms with Crippen LogP contribution in [0.1, 0.15) is 13.3 Å². The van der Waals surface area contributed by atoms with Gasteiger partial charge < -0.3 is 0 Å². The first-order valence-electron chi connectivity index (χ1n) is 1.95. The molecule has 0 bridgehead atoms. The Morgan fingerprint density at radius 2 is 2.20 bits per heavy atom. The standard InChI is InChI=1S/C3H9BS/c1-2-3(4)5/h3,5H,2,4H2,1H3/t3-/m0/s1. The highest BCUT2D eigenvalue weighted by molar-refractivity contribution is 7.82. The molecule has 0 aromatic carbocycles. The summed E-state index contributed by atoms with van der Waals surface area (Å²) >= 11 is 4.10. The maximum absolute atomic E-state index is 4.10. The van der Waals surface area contributed by atoms with Crippen LogP contribution in [0.4, 0.5) is 0 Å². The molecule has 0 spiro atoms. The second-order valence-corrected chi connectivity index (χ2v) is 2.14. The molecule has 0 saturated carbocycles. The van der Waals surface area contributed by atoms with E-state index in [-0.39, 0.29) is 0 Å². The summed E-state index contributed by atoms with van der Waals surface area (Å²) < 4.78 is 0. The van der Waals surface area contributed by atoms with Gasteiger partial charge in [-0.2, -0.15) is 12.6 Å². The van der Waals surface area contributed by atoms with Crippen LogP contribution < -0.4 is 0 Å². The maximum atomic E-state index is 4.10. The number of thiol groups is 1. The van der Waals surface area contributed by atoms with Gasteiger partial charge in [0.1, 0.15) is 7.85 Å². The third-order valence-corrected chi connectivity index (χ3v) is 0.956. The molecular weight excluding hydrogens is 78.9 g/mol. The van der Waals surface area contributed by atoms with Crippen molar-refractivity contribution in [1.82, 2.24) is 0 Å². The first-order chi connectivity index (χ1) is 2.27. The molecule has 0 amide bonds. The molecule has 0 aliphatic carbocycles. The Kier molecular flexibility index (Phi) is 2.86. The summed E-state index contributed by atoms with van der Waals surface area (Å²) in [6.07, 6.45) is 1.17. The lowest BCUT2D eigenvalue weighted by Crippen LogP contribution is -1.90. The van der Waals surface area contributed by atoms with E-state index in [0.29, 0.717) is 5.15 Å². The number of rotatable bonds is 1. The Morgan fingerprint density at radius 1 is 2.00 bits per heavy atom. The highest BCUT2D eigenvalue weighted by Crippen LogP contribution is 1.89. The summed E-state index contributed by atoms with van der Waals surface area (Å²) in [6.45, 7) is 2.12. The molecule has 0 rings (SSSR count). The molecule has 0 radical (unpaired) electrons. The molecule has 0 unspecified atom stereocenters. The topological polar surface area (TPSA) is 0 Å². The van der Waals surface area contributed by atoms with Crippen LogP contribution in [0.3, 0.4) is 0 Å². The number of hydrogen-bond acceptors (Lipinski definition) is 1. The zero-order valence-electron chi connectivity index (χ0n) is 3.73. The van der Waals surface area contributed by atoms with Gasteiger partial charge in [0.05, 0.1) is 0 Å². The van der Waals surface area contributed by atoms with Gasteiger partial charge in [0.2, 0.25) is 0 Å². The van der Waals surface area contributed by atoms with Gasteiger partial charge in [-0.05, 0) is 5.15 Å². The van der Waals surface area contributed by atoms with Crippen LogP contribution in [-0.4, -0.2) is 13.0 Å². The molecule has 0 aromatic rings. The quantitative estimate of drug-likeness (QED) is 0.345. The summed E-state index contributed by atoms with van der Waals surface area (Å²) in [4.78, 5) is 0. The van der Waals surface area contributed by atoms with Crippen LogP contribution in [0.5, 0.6) is 0 Å². The van der Waals surface area contributed by atoms with Crippen LogP contribution in [-0.2, 0) is 0 Å². The van der Waals surface area contributed by atoms with Gasteiger partial charge in [-0.1, -0.05) is 13.3 Å². The number of hydrogen-bond donors (Lipinski definition) is 1. The summed E-state index contributed by atoms with van der Waals surface area (Å²) in [5, 5.41) is 0.579. The maximum Gasteiger partial charge on any atom is 0.118 e. The fourth-order valence-corrected chi connectivity index (χ4v) is 0. The molecule has 30 valence electrons. The van der Waals surface area contributed by atoms with Crippen molar-refractivity contribution in [3.8, 4) is 0 Å². The van der Waals surface area contributed by atoms with Crippen molar-refractivity contribution >= 4 is 20.5 Å². The molecule has 0 aromatic heterocycles. The highest BCUT2D eigenvalue weighted by atomic mass is 32.1. The Balaban J connectivity index is 2.54. The summed E-state index contributed by atoms with van der Waals surface area (Å²) in [5.74, 6) is 0. The van der Waals surface area contributed by atoms with Gasteiger partial charge in [-0.3, -0.25) is 0 Å². The van der Waals surface area contributed by atoms with Crippen LogP contribution in [0, 0.1) is 0 Å². The lowest BCUT2D eigenvalue weighted by atomic mass is 10.0. The Hall–Kier alpha value is 0.415. The van der Waals surface area contributed by atoms with Gasteiger partial charge in [-0.25, -0.2) is 0 Å². The van der Waals surface area contributed by atoms with E-state index in [2.05, 4.69) is 27.4 Å². The van der Waals surface area contributed by atoms with E-state index in [1.54, 1.807) is 0 Å². The van der Waals surface area contributed by atoms with Crippen molar-refractivity contribution in [1.29, 1.82) is 0 Å². The smallest absolute Gasteiger partial charge is 0.118 e. The zero-order valence-corrected chi connectivity index (χ0v) is 4.63. The van der Waals surface area contributed by atoms with E-state index in [4.69, 9.17) is 0 Å². The first-order valence-corrected chi connectivity index (χ1v) is 2.47. The summed E-state index contributed by atoms with van der Waals surface area (Å²) in [5.41, 5.74) is 0. The van der Waals surface area contributed by atoms with Crippen LogP contribution in [0.25, 0.3) is 0 Å². The predicted octanol–water partition coefficient (Wildman–Crippen LogP) is 0.285. The average molecular weight is 88.0 g/mol. The Morgan fingerprint density at radius 3 is 2.20 bits per heavy atom. The van der Waals surface area contributed by atoms with E-state index in [1.807, 2.05) is 0 Å². The molecule has 0 aliphatic rings. The van der Waals surface area contributed by atoms with Crippen molar-refractivity contribution in [2.75, 3.05) is 0 Å². The van der Waals surface area contributed by atoms with Crippen molar-refractivity contribution in [2.45, 2.75) is 18.5 Å². The van der Waals surface area contributed by atoms with Crippen LogP contribution in [0.2, 0.25) is 0 Å². The van der Waals surface area contributed by atoms with Gasteiger partial charge in [0.15, 0.2) is 0 Å². The highest BCUT2D eigenvalue weighted by Gasteiger charge is 1.81. The summed E-state index contributed by atoms with van der Waals surface area (Å²) in [6, 6.07) is 0. The lowest BCUT2D eigenvalue weighted by Gasteiger charge is -1.89. The molecule has 0 saturated heterocycles. The van der Waals surface area contributed by atoms with Gasteiger partial charge in [-0.15, -0.1) is 0 Å². The molecule has 0 nitrogen and oxygen atoms in total. The van der Waals surface area contributed by atoms with Gasteiger partial charge >= 0.3 is 0 Å². The molecule has 2 heteroatoms. The minimum atomic E-state index is 0.579. The zero-order chi connectivity index (χ0) is 4.28. The van der Waals surface area contributed by atoms with E-state index < -0.39 is 0 Å². The van der Waals surface area contributed by atoms with Gasteiger partial charge in [0, 0.05) is 0 Å². The average Bonchev–Trinajstić information content (AvgIpc) is 1.38. The van der Waals surface area contributed by atoms with Crippen molar-refractivity contribution < 1.29 is 0 Å². The second-order valence-electron chi connectivity index (χ2n) is 1.26. The fourth-order valence-electron chi connectivity index (χ4n) is 0. The Labute approximate surface area is 39.8 Å². The summed E-state index contributed by atoms with van der Waals surface area (Å²) in [7, 11) is 2.09. The van der Waals surface area contributed by atoms with Crippen molar-refractivity contribution in [3.05, 3.63) is 0 Å². The first kappa shape index (κ1) is 5.41. The minimum absolute atomic E-state index is 0.579. The lowest BCUT2D eigenvalue weighted by molar-refractivity contribution is 1.05. The van der Waals surface area contributed by atoms with Crippen molar-refractivity contribution in [2.24, 2.45) is 0 Å².